The Balaban J connectivity index is 2.23. The molecule has 0 aliphatic carbocycles. The number of anilines is 4. The van der Waals surface area contributed by atoms with Crippen molar-refractivity contribution in [1.82, 2.24) is 19.9 Å². The van der Waals surface area contributed by atoms with Crippen molar-refractivity contribution in [2.24, 2.45) is 0 Å². The molecule has 0 amide bonds. The second-order valence-corrected chi connectivity index (χ2v) is 7.98. The van der Waals surface area contributed by atoms with Crippen LogP contribution in [0.1, 0.15) is 19.3 Å². The number of aliphatic hydroxyl groups excluding tert-OH is 5. The number of aromatic nitrogens is 4. The maximum absolute atomic E-state index is 9.52. The van der Waals surface area contributed by atoms with Crippen LogP contribution in [0.2, 0.25) is 0 Å². The van der Waals surface area contributed by atoms with Crippen LogP contribution in [0, 0.1) is 0 Å². The van der Waals surface area contributed by atoms with Crippen LogP contribution in [-0.2, 0) is 0 Å². The third kappa shape index (κ3) is 6.30. The summed E-state index contributed by atoms with van der Waals surface area (Å²) in [5.74, 6) is 1.68. The Labute approximate surface area is 198 Å². The molecule has 34 heavy (non-hydrogen) atoms. The van der Waals surface area contributed by atoms with Gasteiger partial charge < -0.3 is 45.5 Å². The van der Waals surface area contributed by atoms with Crippen molar-refractivity contribution in [3.05, 3.63) is 0 Å². The molecular weight excluding hydrogens is 444 g/mol. The zero-order valence-electron chi connectivity index (χ0n) is 19.5. The van der Waals surface area contributed by atoms with Gasteiger partial charge in [-0.1, -0.05) is 0 Å². The molecule has 0 aromatic carbocycles. The highest BCUT2D eigenvalue weighted by atomic mass is 16.3. The Morgan fingerprint density at radius 3 is 1.71 bits per heavy atom. The lowest BCUT2D eigenvalue weighted by Gasteiger charge is -2.30. The number of rotatable bonds is 14. The lowest BCUT2D eigenvalue weighted by atomic mass is 10.1. The van der Waals surface area contributed by atoms with E-state index in [-0.39, 0.29) is 65.8 Å². The summed E-state index contributed by atoms with van der Waals surface area (Å²) in [4.78, 5) is 24.4. The van der Waals surface area contributed by atoms with Gasteiger partial charge in [0.1, 0.15) is 11.0 Å². The second kappa shape index (κ2) is 13.3. The third-order valence-corrected chi connectivity index (χ3v) is 5.61. The van der Waals surface area contributed by atoms with Gasteiger partial charge >= 0.3 is 0 Å². The molecule has 1 fully saturated rings. The number of hydrogen-bond donors (Lipinski definition) is 6. The highest BCUT2D eigenvalue weighted by Gasteiger charge is 2.24. The molecule has 6 N–H and O–H groups in total. The van der Waals surface area contributed by atoms with Crippen LogP contribution in [0.3, 0.4) is 0 Å². The third-order valence-electron chi connectivity index (χ3n) is 5.61. The molecule has 13 heteroatoms. The first-order chi connectivity index (χ1) is 16.7. The van der Waals surface area contributed by atoms with Crippen molar-refractivity contribution >= 4 is 34.6 Å². The normalized spacial score (nSPS) is 14.0. The molecule has 1 aliphatic rings. The summed E-state index contributed by atoms with van der Waals surface area (Å²) >= 11 is 0. The van der Waals surface area contributed by atoms with Crippen LogP contribution in [0.15, 0.2) is 0 Å². The quantitative estimate of drug-likeness (QED) is 0.182. The lowest BCUT2D eigenvalue weighted by Crippen LogP contribution is -2.35. The van der Waals surface area contributed by atoms with E-state index in [1.54, 1.807) is 9.80 Å². The molecule has 0 saturated carbocycles. The SMILES string of the molecule is OCCNc1nc(N(CCO)CCO)nc2c(N3CCCCC3)nc(N(CCO)CCO)nc12. The fourth-order valence-electron chi connectivity index (χ4n) is 3.99. The van der Waals surface area contributed by atoms with Gasteiger partial charge in [-0.3, -0.25) is 0 Å². The topological polar surface area (TPSA) is 174 Å². The monoisotopic (exact) mass is 480 g/mol. The molecule has 2 aromatic heterocycles. The maximum Gasteiger partial charge on any atom is 0.228 e. The Hall–Kier alpha value is -2.58. The van der Waals surface area contributed by atoms with E-state index in [1.807, 2.05) is 0 Å². The first-order valence-corrected chi connectivity index (χ1v) is 11.8. The highest BCUT2D eigenvalue weighted by molar-refractivity contribution is 5.94. The second-order valence-electron chi connectivity index (χ2n) is 7.98. The van der Waals surface area contributed by atoms with E-state index in [2.05, 4.69) is 15.2 Å². The van der Waals surface area contributed by atoms with Crippen molar-refractivity contribution in [2.45, 2.75) is 19.3 Å². The van der Waals surface area contributed by atoms with Gasteiger partial charge in [0, 0.05) is 45.8 Å². The minimum Gasteiger partial charge on any atom is -0.395 e. The van der Waals surface area contributed by atoms with Crippen LogP contribution in [-0.4, -0.2) is 124 Å². The van der Waals surface area contributed by atoms with Crippen LogP contribution in [0.4, 0.5) is 23.5 Å². The van der Waals surface area contributed by atoms with Crippen molar-refractivity contribution in [3.63, 3.8) is 0 Å². The molecule has 0 atom stereocenters. The minimum atomic E-state index is -0.132. The summed E-state index contributed by atoms with van der Waals surface area (Å²) in [6, 6.07) is 0. The summed E-state index contributed by atoms with van der Waals surface area (Å²) < 4.78 is 0. The van der Waals surface area contributed by atoms with E-state index in [9.17, 15) is 25.5 Å². The van der Waals surface area contributed by atoms with Crippen molar-refractivity contribution in [1.29, 1.82) is 0 Å². The largest absolute Gasteiger partial charge is 0.395 e. The standard InChI is InChI=1S/C21H36N8O5/c30-11-4-22-18-16-17(24-20(25-18)28(7-12-31)8-13-32)19(27-5-2-1-3-6-27)26-21(23-16)29(9-14-33)10-15-34/h30-34H,1-15H2,(H,22,24,25). The summed E-state index contributed by atoms with van der Waals surface area (Å²) in [7, 11) is 0. The van der Waals surface area contributed by atoms with E-state index in [1.165, 1.54) is 0 Å². The van der Waals surface area contributed by atoms with Crippen molar-refractivity contribution in [2.75, 3.05) is 98.9 Å². The van der Waals surface area contributed by atoms with Crippen LogP contribution >= 0.6 is 0 Å². The zero-order valence-corrected chi connectivity index (χ0v) is 19.5. The Morgan fingerprint density at radius 1 is 0.647 bits per heavy atom. The number of nitrogens with zero attached hydrogens (tertiary/aromatic N) is 7. The minimum absolute atomic E-state index is 0.115. The molecule has 0 unspecified atom stereocenters. The summed E-state index contributed by atoms with van der Waals surface area (Å²) in [6.45, 7) is 2.22. The molecule has 3 rings (SSSR count). The van der Waals surface area contributed by atoms with Crippen LogP contribution in [0.25, 0.3) is 11.0 Å². The van der Waals surface area contributed by atoms with E-state index in [4.69, 9.17) is 15.0 Å². The van der Waals surface area contributed by atoms with Gasteiger partial charge in [-0.05, 0) is 19.3 Å². The molecule has 1 aliphatic heterocycles. The van der Waals surface area contributed by atoms with Crippen molar-refractivity contribution in [3.8, 4) is 0 Å². The Kier molecular flexibility index (Phi) is 10.2. The number of fused-ring (bicyclic) bond motifs is 1. The molecule has 2 aromatic rings. The molecule has 0 radical (unpaired) electrons. The molecule has 190 valence electrons. The number of piperidine rings is 1. The van der Waals surface area contributed by atoms with Gasteiger partial charge in [-0.25, -0.2) is 9.97 Å². The van der Waals surface area contributed by atoms with Crippen molar-refractivity contribution < 1.29 is 25.5 Å². The van der Waals surface area contributed by atoms with Crippen LogP contribution in [0.5, 0.6) is 0 Å². The molecule has 13 nitrogen and oxygen atoms in total. The van der Waals surface area contributed by atoms with Crippen LogP contribution < -0.4 is 20.0 Å². The Morgan fingerprint density at radius 2 is 1.18 bits per heavy atom. The fourth-order valence-corrected chi connectivity index (χ4v) is 3.99. The zero-order chi connectivity index (χ0) is 24.3. The molecule has 0 bridgehead atoms. The first kappa shape index (κ1) is 26.0. The van der Waals surface area contributed by atoms with Gasteiger partial charge in [-0.15, -0.1) is 0 Å². The lowest BCUT2D eigenvalue weighted by molar-refractivity contribution is 0.279. The van der Waals surface area contributed by atoms with Gasteiger partial charge in [0.2, 0.25) is 11.9 Å². The van der Waals surface area contributed by atoms with Gasteiger partial charge in [0.05, 0.1) is 33.0 Å². The van der Waals surface area contributed by atoms with E-state index >= 15 is 0 Å². The van der Waals surface area contributed by atoms with E-state index in [0.29, 0.717) is 34.6 Å². The average Bonchev–Trinajstić information content (AvgIpc) is 2.86. The number of hydrogen-bond acceptors (Lipinski definition) is 13. The first-order valence-electron chi connectivity index (χ1n) is 11.8. The number of nitrogens with one attached hydrogen (secondary N) is 1. The smallest absolute Gasteiger partial charge is 0.228 e. The molecular formula is C21H36N8O5. The summed E-state index contributed by atoms with van der Waals surface area (Å²) in [5, 5.41) is 50.5. The predicted octanol–water partition coefficient (Wildman–Crippen LogP) is -1.60. The maximum atomic E-state index is 9.52. The average molecular weight is 481 g/mol. The fraction of sp³-hybridized carbons (Fsp3) is 0.714. The van der Waals surface area contributed by atoms with Gasteiger partial charge in [0.15, 0.2) is 11.6 Å². The predicted molar refractivity (Wildman–Crippen MR) is 130 cm³/mol. The van der Waals surface area contributed by atoms with E-state index in [0.717, 1.165) is 32.4 Å². The molecule has 3 heterocycles. The van der Waals surface area contributed by atoms with E-state index < -0.39 is 0 Å². The highest BCUT2D eigenvalue weighted by Crippen LogP contribution is 2.32. The summed E-state index contributed by atoms with van der Waals surface area (Å²) in [5.41, 5.74) is 0.974. The Bertz CT molecular complexity index is 887. The molecule has 1 saturated heterocycles. The van der Waals surface area contributed by atoms with Gasteiger partial charge in [0.25, 0.3) is 0 Å². The summed E-state index contributed by atoms with van der Waals surface area (Å²) in [6.07, 6.45) is 3.18. The van der Waals surface area contributed by atoms with Gasteiger partial charge in [-0.2, -0.15) is 9.97 Å². The number of aliphatic hydroxyl groups is 5. The molecule has 0 spiro atoms.